The van der Waals surface area contributed by atoms with Crippen LogP contribution in [0.1, 0.15) is 22.8 Å². The number of carbonyl (C=O) groups excluding carboxylic acids is 1. The molecule has 104 valence electrons. The van der Waals surface area contributed by atoms with Gasteiger partial charge in [0, 0.05) is 11.3 Å². The summed E-state index contributed by atoms with van der Waals surface area (Å²) in [4.78, 5) is 11.0. The van der Waals surface area contributed by atoms with E-state index in [0.29, 0.717) is 22.4 Å². The normalized spacial score (nSPS) is 12.1. The standard InChI is InChI=1S/C15H15FN2O2/c16-11-6-4-9(5-7-11)15(20)12-3-1-2-10(14(12)18)8-13(17)19/h1-7,15,20H,8,18H2,(H2,17,19). The van der Waals surface area contributed by atoms with Crippen molar-refractivity contribution in [2.75, 3.05) is 5.73 Å². The van der Waals surface area contributed by atoms with Gasteiger partial charge in [-0.15, -0.1) is 0 Å². The number of benzene rings is 2. The summed E-state index contributed by atoms with van der Waals surface area (Å²) < 4.78 is 12.9. The summed E-state index contributed by atoms with van der Waals surface area (Å²) in [6.07, 6.45) is -0.973. The zero-order valence-electron chi connectivity index (χ0n) is 10.7. The number of anilines is 1. The van der Waals surface area contributed by atoms with Crippen LogP contribution < -0.4 is 11.5 Å². The minimum Gasteiger partial charge on any atom is -0.398 e. The lowest BCUT2D eigenvalue weighted by molar-refractivity contribution is -0.117. The van der Waals surface area contributed by atoms with E-state index in [1.54, 1.807) is 18.2 Å². The van der Waals surface area contributed by atoms with E-state index in [9.17, 15) is 14.3 Å². The maximum absolute atomic E-state index is 12.9. The van der Waals surface area contributed by atoms with Crippen molar-refractivity contribution >= 4 is 11.6 Å². The first-order valence-electron chi connectivity index (χ1n) is 6.08. The molecule has 20 heavy (non-hydrogen) atoms. The number of amides is 1. The average molecular weight is 274 g/mol. The summed E-state index contributed by atoms with van der Waals surface area (Å²) in [7, 11) is 0. The Labute approximate surface area is 115 Å². The van der Waals surface area contributed by atoms with E-state index in [-0.39, 0.29) is 12.2 Å². The van der Waals surface area contributed by atoms with Gasteiger partial charge in [0.05, 0.1) is 6.42 Å². The lowest BCUT2D eigenvalue weighted by Crippen LogP contribution is -2.16. The van der Waals surface area contributed by atoms with E-state index in [1.165, 1.54) is 24.3 Å². The number of nitrogen functional groups attached to an aromatic ring is 1. The van der Waals surface area contributed by atoms with Crippen LogP contribution in [0, 0.1) is 5.82 Å². The third-order valence-electron chi connectivity index (χ3n) is 3.08. The molecule has 1 amide bonds. The molecular formula is C15H15FN2O2. The molecule has 2 aromatic carbocycles. The second-order valence-electron chi connectivity index (χ2n) is 4.52. The topological polar surface area (TPSA) is 89.3 Å². The molecule has 0 bridgehead atoms. The quantitative estimate of drug-likeness (QED) is 0.738. The van der Waals surface area contributed by atoms with E-state index in [1.807, 2.05) is 0 Å². The number of halogens is 1. The van der Waals surface area contributed by atoms with Crippen LogP contribution in [0.2, 0.25) is 0 Å². The van der Waals surface area contributed by atoms with Gasteiger partial charge in [0.2, 0.25) is 5.91 Å². The van der Waals surface area contributed by atoms with Gasteiger partial charge in [0.1, 0.15) is 11.9 Å². The van der Waals surface area contributed by atoms with Gasteiger partial charge in [-0.05, 0) is 23.3 Å². The molecule has 2 aromatic rings. The van der Waals surface area contributed by atoms with Crippen molar-refractivity contribution in [2.24, 2.45) is 5.73 Å². The number of para-hydroxylation sites is 1. The van der Waals surface area contributed by atoms with Gasteiger partial charge in [-0.1, -0.05) is 30.3 Å². The highest BCUT2D eigenvalue weighted by molar-refractivity contribution is 5.79. The van der Waals surface area contributed by atoms with Crippen molar-refractivity contribution in [3.63, 3.8) is 0 Å². The minimum absolute atomic E-state index is 0.00973. The second kappa shape index (κ2) is 5.71. The maximum Gasteiger partial charge on any atom is 0.221 e. The number of carbonyl (C=O) groups is 1. The number of nitrogens with two attached hydrogens (primary N) is 2. The molecule has 0 fully saturated rings. The molecule has 0 aromatic heterocycles. The third kappa shape index (κ3) is 2.95. The summed E-state index contributed by atoms with van der Waals surface area (Å²) >= 11 is 0. The predicted octanol–water partition coefficient (Wildman–Crippen LogP) is 1.52. The van der Waals surface area contributed by atoms with Crippen LogP contribution >= 0.6 is 0 Å². The second-order valence-corrected chi connectivity index (χ2v) is 4.52. The highest BCUT2D eigenvalue weighted by Gasteiger charge is 2.16. The molecule has 0 spiro atoms. The molecule has 0 aliphatic carbocycles. The third-order valence-corrected chi connectivity index (χ3v) is 3.08. The van der Waals surface area contributed by atoms with E-state index in [0.717, 1.165) is 0 Å². The van der Waals surface area contributed by atoms with E-state index >= 15 is 0 Å². The first-order valence-corrected chi connectivity index (χ1v) is 6.08. The Kier molecular flexibility index (Phi) is 4.00. The van der Waals surface area contributed by atoms with Crippen molar-refractivity contribution in [1.29, 1.82) is 0 Å². The number of rotatable bonds is 4. The Morgan fingerprint density at radius 3 is 2.45 bits per heavy atom. The number of aliphatic hydroxyl groups is 1. The van der Waals surface area contributed by atoms with Gasteiger partial charge in [0.25, 0.3) is 0 Å². The summed E-state index contributed by atoms with van der Waals surface area (Å²) in [6, 6.07) is 10.5. The SMILES string of the molecule is NC(=O)Cc1cccc(C(O)c2ccc(F)cc2)c1N. The van der Waals surface area contributed by atoms with E-state index in [2.05, 4.69) is 0 Å². The zero-order valence-corrected chi connectivity index (χ0v) is 10.7. The predicted molar refractivity (Wildman–Crippen MR) is 74.2 cm³/mol. The number of primary amides is 1. The molecule has 2 rings (SSSR count). The fourth-order valence-electron chi connectivity index (χ4n) is 2.04. The lowest BCUT2D eigenvalue weighted by atomic mass is 9.96. The average Bonchev–Trinajstić information content (AvgIpc) is 2.41. The molecule has 0 saturated carbocycles. The van der Waals surface area contributed by atoms with E-state index < -0.39 is 12.0 Å². The van der Waals surface area contributed by atoms with Gasteiger partial charge < -0.3 is 16.6 Å². The summed E-state index contributed by atoms with van der Waals surface area (Å²) in [5, 5.41) is 10.3. The van der Waals surface area contributed by atoms with Crippen molar-refractivity contribution in [1.82, 2.24) is 0 Å². The fraction of sp³-hybridized carbons (Fsp3) is 0.133. The molecule has 1 atom stereocenters. The van der Waals surface area contributed by atoms with Crippen LogP contribution in [0.3, 0.4) is 0 Å². The van der Waals surface area contributed by atoms with Crippen LogP contribution in [0.5, 0.6) is 0 Å². The largest absolute Gasteiger partial charge is 0.398 e. The van der Waals surface area contributed by atoms with Crippen LogP contribution in [0.25, 0.3) is 0 Å². The molecule has 5 N–H and O–H groups in total. The van der Waals surface area contributed by atoms with Crippen molar-refractivity contribution in [2.45, 2.75) is 12.5 Å². The summed E-state index contributed by atoms with van der Waals surface area (Å²) in [5.41, 5.74) is 13.0. The van der Waals surface area contributed by atoms with Crippen LogP contribution in [0.15, 0.2) is 42.5 Å². The van der Waals surface area contributed by atoms with Gasteiger partial charge in [-0.25, -0.2) is 4.39 Å². The molecule has 0 saturated heterocycles. The van der Waals surface area contributed by atoms with Gasteiger partial charge in [-0.2, -0.15) is 0 Å². The molecule has 4 nitrogen and oxygen atoms in total. The number of hydrogen-bond donors (Lipinski definition) is 3. The Bertz CT molecular complexity index is 626. The van der Waals surface area contributed by atoms with Gasteiger partial charge in [-0.3, -0.25) is 4.79 Å². The first-order chi connectivity index (χ1) is 9.49. The maximum atomic E-state index is 12.9. The molecular weight excluding hydrogens is 259 g/mol. The Balaban J connectivity index is 2.37. The van der Waals surface area contributed by atoms with Crippen molar-refractivity contribution in [3.05, 3.63) is 65.0 Å². The summed E-state index contributed by atoms with van der Waals surface area (Å²) in [6.45, 7) is 0. The van der Waals surface area contributed by atoms with Gasteiger partial charge in [0.15, 0.2) is 0 Å². The molecule has 0 radical (unpaired) electrons. The van der Waals surface area contributed by atoms with Crippen molar-refractivity contribution in [3.8, 4) is 0 Å². The molecule has 0 aliphatic heterocycles. The highest BCUT2D eigenvalue weighted by atomic mass is 19.1. The smallest absolute Gasteiger partial charge is 0.221 e. The van der Waals surface area contributed by atoms with Crippen LogP contribution in [-0.4, -0.2) is 11.0 Å². The monoisotopic (exact) mass is 274 g/mol. The Hall–Kier alpha value is -2.40. The van der Waals surface area contributed by atoms with Crippen LogP contribution in [-0.2, 0) is 11.2 Å². The minimum atomic E-state index is -0.983. The first kappa shape index (κ1) is 14.0. The fourth-order valence-corrected chi connectivity index (χ4v) is 2.04. The molecule has 1 unspecified atom stereocenters. The van der Waals surface area contributed by atoms with Gasteiger partial charge >= 0.3 is 0 Å². The number of hydrogen-bond acceptors (Lipinski definition) is 3. The number of aliphatic hydroxyl groups excluding tert-OH is 1. The van der Waals surface area contributed by atoms with E-state index in [4.69, 9.17) is 11.5 Å². The highest BCUT2D eigenvalue weighted by Crippen LogP contribution is 2.29. The van der Waals surface area contributed by atoms with Crippen molar-refractivity contribution < 1.29 is 14.3 Å². The molecule has 0 aliphatic rings. The Morgan fingerprint density at radius 2 is 1.85 bits per heavy atom. The lowest BCUT2D eigenvalue weighted by Gasteiger charge is -2.16. The molecule has 0 heterocycles. The Morgan fingerprint density at radius 1 is 1.20 bits per heavy atom. The van der Waals surface area contributed by atoms with Crippen LogP contribution in [0.4, 0.5) is 10.1 Å². The zero-order chi connectivity index (χ0) is 14.7. The summed E-state index contributed by atoms with van der Waals surface area (Å²) in [5.74, 6) is -0.874. The molecule has 5 heteroatoms.